The van der Waals surface area contributed by atoms with Gasteiger partial charge in [-0.25, -0.2) is 0 Å². The van der Waals surface area contributed by atoms with Crippen molar-refractivity contribution >= 4 is 44.2 Å². The molecule has 0 heterocycles. The first kappa shape index (κ1) is 11.9. The van der Waals surface area contributed by atoms with Gasteiger partial charge in [0, 0.05) is 10.9 Å². The molecule has 5 heteroatoms. The van der Waals surface area contributed by atoms with E-state index in [1.165, 1.54) is 0 Å². The zero-order chi connectivity index (χ0) is 10.6. The molecule has 0 amide bonds. The predicted molar refractivity (Wildman–Crippen MR) is 67.9 cm³/mol. The molecule has 0 aromatic heterocycles. The molecule has 0 radical (unpaired) electrons. The zero-order valence-corrected chi connectivity index (χ0v) is 11.1. The highest BCUT2D eigenvalue weighted by Gasteiger charge is 2.16. The Morgan fingerprint density at radius 3 is 2.79 bits per heavy atom. The first-order valence-electron chi connectivity index (χ1n) is 4.14. The minimum Gasteiger partial charge on any atom is -0.258 e. The molecular formula is C9H9BrINO2. The summed E-state index contributed by atoms with van der Waals surface area (Å²) in [7, 11) is 0. The Morgan fingerprint density at radius 2 is 2.21 bits per heavy atom. The molecule has 14 heavy (non-hydrogen) atoms. The van der Waals surface area contributed by atoms with Crippen LogP contribution in [0.4, 0.5) is 5.69 Å². The first-order chi connectivity index (χ1) is 6.66. The smallest absolute Gasteiger partial charge is 0.258 e. The van der Waals surface area contributed by atoms with Gasteiger partial charge >= 0.3 is 0 Å². The standard InChI is InChI=1S/C9H9BrINO2/c10-6-2-4-7-3-1-5-8(11)9(7)12(13)14/h1,3,5H,2,4,6H2. The van der Waals surface area contributed by atoms with E-state index >= 15 is 0 Å². The first-order valence-corrected chi connectivity index (χ1v) is 6.34. The summed E-state index contributed by atoms with van der Waals surface area (Å²) in [4.78, 5) is 10.5. The number of hydrogen-bond acceptors (Lipinski definition) is 2. The average Bonchev–Trinajstić information content (AvgIpc) is 2.14. The molecule has 3 nitrogen and oxygen atoms in total. The summed E-state index contributed by atoms with van der Waals surface area (Å²) < 4.78 is 0.708. The second-order valence-corrected chi connectivity index (χ2v) is 4.75. The van der Waals surface area contributed by atoms with E-state index in [0.29, 0.717) is 3.57 Å². The Labute approximate surface area is 104 Å². The van der Waals surface area contributed by atoms with Gasteiger partial charge in [0.2, 0.25) is 0 Å². The molecule has 0 aliphatic heterocycles. The summed E-state index contributed by atoms with van der Waals surface area (Å²) in [5.41, 5.74) is 1.08. The highest BCUT2D eigenvalue weighted by molar-refractivity contribution is 14.1. The number of para-hydroxylation sites is 1. The highest BCUT2D eigenvalue weighted by atomic mass is 127. The van der Waals surface area contributed by atoms with Crippen LogP contribution in [0, 0.1) is 13.7 Å². The largest absolute Gasteiger partial charge is 0.285 e. The number of alkyl halides is 1. The number of benzene rings is 1. The fourth-order valence-electron chi connectivity index (χ4n) is 1.22. The number of halogens is 2. The highest BCUT2D eigenvalue weighted by Crippen LogP contribution is 2.26. The molecule has 76 valence electrons. The maximum absolute atomic E-state index is 10.8. The molecule has 0 saturated heterocycles. The third-order valence-corrected chi connectivity index (χ3v) is 3.26. The summed E-state index contributed by atoms with van der Waals surface area (Å²) in [5.74, 6) is 0. The van der Waals surface area contributed by atoms with Crippen LogP contribution >= 0.6 is 38.5 Å². The van der Waals surface area contributed by atoms with E-state index in [1.54, 1.807) is 6.07 Å². The molecule has 0 N–H and O–H groups in total. The van der Waals surface area contributed by atoms with E-state index in [2.05, 4.69) is 15.9 Å². The van der Waals surface area contributed by atoms with E-state index in [9.17, 15) is 10.1 Å². The van der Waals surface area contributed by atoms with Crippen molar-refractivity contribution in [3.63, 3.8) is 0 Å². The van der Waals surface area contributed by atoms with Crippen LogP contribution < -0.4 is 0 Å². The van der Waals surface area contributed by atoms with Gasteiger partial charge in [0.25, 0.3) is 5.69 Å². The normalized spacial score (nSPS) is 10.1. The predicted octanol–water partition coefficient (Wildman–Crippen LogP) is 3.53. The Hall–Kier alpha value is -0.170. The summed E-state index contributed by atoms with van der Waals surface area (Å²) in [6.45, 7) is 0. The van der Waals surface area contributed by atoms with Crippen LogP contribution in [0.15, 0.2) is 18.2 Å². The lowest BCUT2D eigenvalue weighted by Gasteiger charge is -2.02. The average molecular weight is 370 g/mol. The van der Waals surface area contributed by atoms with Crippen molar-refractivity contribution in [2.75, 3.05) is 5.33 Å². The van der Waals surface area contributed by atoms with Crippen LogP contribution in [-0.2, 0) is 6.42 Å². The Kier molecular flexibility index (Phi) is 4.80. The van der Waals surface area contributed by atoms with Crippen molar-refractivity contribution < 1.29 is 4.92 Å². The van der Waals surface area contributed by atoms with E-state index in [4.69, 9.17) is 0 Å². The van der Waals surface area contributed by atoms with Gasteiger partial charge in [-0.1, -0.05) is 28.1 Å². The monoisotopic (exact) mass is 369 g/mol. The van der Waals surface area contributed by atoms with Crippen LogP contribution in [0.1, 0.15) is 12.0 Å². The van der Waals surface area contributed by atoms with Crippen LogP contribution in [-0.4, -0.2) is 10.3 Å². The number of aryl methyl sites for hydroxylation is 1. The van der Waals surface area contributed by atoms with Crippen LogP contribution in [0.2, 0.25) is 0 Å². The Balaban J connectivity index is 3.02. The van der Waals surface area contributed by atoms with Crippen molar-refractivity contribution in [3.8, 4) is 0 Å². The molecule has 0 aliphatic rings. The molecule has 1 aromatic rings. The third-order valence-electron chi connectivity index (χ3n) is 1.83. The van der Waals surface area contributed by atoms with Crippen LogP contribution in [0.3, 0.4) is 0 Å². The van der Waals surface area contributed by atoms with Crippen molar-refractivity contribution in [1.82, 2.24) is 0 Å². The van der Waals surface area contributed by atoms with Gasteiger partial charge < -0.3 is 0 Å². The minimum absolute atomic E-state index is 0.258. The molecule has 0 atom stereocenters. The SMILES string of the molecule is O=[N+]([O-])c1c(I)cccc1CCCBr. The second-order valence-electron chi connectivity index (χ2n) is 2.80. The van der Waals surface area contributed by atoms with Gasteiger partial charge in [0.1, 0.15) is 0 Å². The van der Waals surface area contributed by atoms with Crippen LogP contribution in [0.5, 0.6) is 0 Å². The van der Waals surface area contributed by atoms with Gasteiger partial charge in [-0.3, -0.25) is 10.1 Å². The number of hydrogen-bond donors (Lipinski definition) is 0. The maximum Gasteiger partial charge on any atom is 0.285 e. The van der Waals surface area contributed by atoms with Gasteiger partial charge in [-0.05, 0) is 41.5 Å². The van der Waals surface area contributed by atoms with Crippen LogP contribution in [0.25, 0.3) is 0 Å². The lowest BCUT2D eigenvalue weighted by atomic mass is 10.1. The molecular weight excluding hydrogens is 361 g/mol. The lowest BCUT2D eigenvalue weighted by molar-refractivity contribution is -0.386. The molecule has 0 unspecified atom stereocenters. The number of rotatable bonds is 4. The maximum atomic E-state index is 10.8. The third kappa shape index (κ3) is 2.91. The molecule has 0 saturated carbocycles. The summed E-state index contributed by atoms with van der Waals surface area (Å²) in [5, 5.41) is 11.7. The van der Waals surface area contributed by atoms with Gasteiger partial charge in [-0.2, -0.15) is 0 Å². The zero-order valence-electron chi connectivity index (χ0n) is 7.37. The van der Waals surface area contributed by atoms with Crippen molar-refractivity contribution in [3.05, 3.63) is 37.4 Å². The molecule has 0 aliphatic carbocycles. The fraction of sp³-hybridized carbons (Fsp3) is 0.333. The van der Waals surface area contributed by atoms with E-state index in [1.807, 2.05) is 34.7 Å². The second kappa shape index (κ2) is 5.65. The van der Waals surface area contributed by atoms with Gasteiger partial charge in [0.15, 0.2) is 0 Å². The minimum atomic E-state index is -0.300. The molecule has 1 rings (SSSR count). The molecule has 0 fully saturated rings. The molecule has 1 aromatic carbocycles. The van der Waals surface area contributed by atoms with Crippen molar-refractivity contribution in [2.45, 2.75) is 12.8 Å². The number of nitrogens with zero attached hydrogens (tertiary/aromatic N) is 1. The summed E-state index contributed by atoms with van der Waals surface area (Å²) in [6, 6.07) is 5.44. The summed E-state index contributed by atoms with van der Waals surface area (Å²) >= 11 is 5.31. The fourth-order valence-corrected chi connectivity index (χ4v) is 2.25. The van der Waals surface area contributed by atoms with Crippen molar-refractivity contribution in [1.29, 1.82) is 0 Å². The quantitative estimate of drug-likeness (QED) is 0.352. The van der Waals surface area contributed by atoms with Crippen molar-refractivity contribution in [2.24, 2.45) is 0 Å². The number of nitro benzene ring substituents is 1. The topological polar surface area (TPSA) is 43.1 Å². The van der Waals surface area contributed by atoms with E-state index < -0.39 is 0 Å². The Bertz CT molecular complexity index is 344. The molecule has 0 bridgehead atoms. The number of nitro groups is 1. The van der Waals surface area contributed by atoms with E-state index in [0.717, 1.165) is 23.7 Å². The lowest BCUT2D eigenvalue weighted by Crippen LogP contribution is -1.98. The van der Waals surface area contributed by atoms with Gasteiger partial charge in [0.05, 0.1) is 8.49 Å². The van der Waals surface area contributed by atoms with Gasteiger partial charge in [-0.15, -0.1) is 0 Å². The van der Waals surface area contributed by atoms with E-state index in [-0.39, 0.29) is 10.6 Å². The Morgan fingerprint density at radius 1 is 1.50 bits per heavy atom. The summed E-state index contributed by atoms with van der Waals surface area (Å²) in [6.07, 6.45) is 1.67. The molecule has 0 spiro atoms.